The van der Waals surface area contributed by atoms with Crippen molar-refractivity contribution in [3.63, 3.8) is 0 Å². The first-order valence-electron chi connectivity index (χ1n) is 10.3. The van der Waals surface area contributed by atoms with Gasteiger partial charge >= 0.3 is 5.63 Å². The number of carbonyl (C=O) groups is 1. The summed E-state index contributed by atoms with van der Waals surface area (Å²) < 4.78 is 16.2. The summed E-state index contributed by atoms with van der Waals surface area (Å²) in [5.41, 5.74) is 4.28. The van der Waals surface area contributed by atoms with E-state index in [0.29, 0.717) is 36.1 Å². The third kappa shape index (κ3) is 4.33. The number of benzene rings is 2. The van der Waals surface area contributed by atoms with Crippen LogP contribution < -0.4 is 15.7 Å². The van der Waals surface area contributed by atoms with Crippen molar-refractivity contribution in [3.05, 3.63) is 75.3 Å². The van der Waals surface area contributed by atoms with Gasteiger partial charge in [0.1, 0.15) is 16.9 Å². The minimum atomic E-state index is -0.406. The number of furan rings is 1. The molecule has 2 aromatic carbocycles. The highest BCUT2D eigenvalue weighted by atomic mass is 16.5. The van der Waals surface area contributed by atoms with Crippen molar-refractivity contribution < 1.29 is 18.4 Å². The molecule has 0 aliphatic rings. The third-order valence-electron chi connectivity index (χ3n) is 5.65. The standard InChI is InChI=1S/C25H25NO5/c1-15-14-30-22-13-23-21(12-20(15)22)16(2)19(25(28)31-23)7-8-24(27)26-10-9-17-5-4-6-18(11-17)29-3/h4-6,11-14H,7-10H2,1-3H3,(H,26,27). The van der Waals surface area contributed by atoms with E-state index in [-0.39, 0.29) is 12.3 Å². The van der Waals surface area contributed by atoms with Crippen LogP contribution in [0.1, 0.15) is 28.7 Å². The zero-order chi connectivity index (χ0) is 22.0. The molecule has 31 heavy (non-hydrogen) atoms. The fourth-order valence-electron chi connectivity index (χ4n) is 3.83. The molecule has 0 saturated heterocycles. The molecular weight excluding hydrogens is 394 g/mol. The molecule has 1 amide bonds. The van der Waals surface area contributed by atoms with Gasteiger partial charge in [0.15, 0.2) is 0 Å². The van der Waals surface area contributed by atoms with Crippen LogP contribution in [0.5, 0.6) is 5.75 Å². The number of ether oxygens (including phenoxy) is 1. The molecule has 0 aliphatic heterocycles. The second kappa shape index (κ2) is 8.68. The molecule has 2 heterocycles. The van der Waals surface area contributed by atoms with Crippen LogP contribution in [-0.2, 0) is 17.6 Å². The Hall–Kier alpha value is -3.54. The van der Waals surface area contributed by atoms with E-state index < -0.39 is 5.63 Å². The molecule has 0 aliphatic carbocycles. The SMILES string of the molecule is COc1cccc(CCNC(=O)CCc2c(C)c3cc4c(C)coc4cc3oc2=O)c1. The number of methoxy groups -OCH3 is 1. The molecule has 0 fully saturated rings. The van der Waals surface area contributed by atoms with E-state index in [2.05, 4.69) is 5.32 Å². The van der Waals surface area contributed by atoms with E-state index in [4.69, 9.17) is 13.6 Å². The van der Waals surface area contributed by atoms with Gasteiger partial charge in [-0.1, -0.05) is 12.1 Å². The predicted molar refractivity (Wildman–Crippen MR) is 120 cm³/mol. The van der Waals surface area contributed by atoms with Crippen LogP contribution in [0.2, 0.25) is 0 Å². The highest BCUT2D eigenvalue weighted by Gasteiger charge is 2.15. The molecule has 2 aromatic heterocycles. The maximum atomic E-state index is 12.5. The molecule has 4 rings (SSSR count). The summed E-state index contributed by atoms with van der Waals surface area (Å²) in [5, 5.41) is 4.78. The van der Waals surface area contributed by atoms with Crippen molar-refractivity contribution in [2.24, 2.45) is 0 Å². The minimum absolute atomic E-state index is 0.0945. The molecule has 0 unspecified atom stereocenters. The monoisotopic (exact) mass is 419 g/mol. The highest BCUT2D eigenvalue weighted by Crippen LogP contribution is 2.29. The lowest BCUT2D eigenvalue weighted by atomic mass is 10.0. The van der Waals surface area contributed by atoms with Gasteiger partial charge in [-0.3, -0.25) is 4.79 Å². The molecule has 1 N–H and O–H groups in total. The van der Waals surface area contributed by atoms with Crippen LogP contribution in [0.15, 0.2) is 56.3 Å². The van der Waals surface area contributed by atoms with Crippen molar-refractivity contribution in [3.8, 4) is 5.75 Å². The molecule has 6 nitrogen and oxygen atoms in total. The first kappa shape index (κ1) is 20.7. The normalized spacial score (nSPS) is 11.2. The Morgan fingerprint density at radius 3 is 2.71 bits per heavy atom. The quantitative estimate of drug-likeness (QED) is 0.448. The number of fused-ring (bicyclic) bond motifs is 2. The van der Waals surface area contributed by atoms with Gasteiger partial charge in [0.05, 0.1) is 13.4 Å². The van der Waals surface area contributed by atoms with E-state index >= 15 is 0 Å². The van der Waals surface area contributed by atoms with Gasteiger partial charge in [-0.05, 0) is 61.6 Å². The summed E-state index contributed by atoms with van der Waals surface area (Å²) >= 11 is 0. The number of nitrogens with one attached hydrogen (secondary N) is 1. The zero-order valence-corrected chi connectivity index (χ0v) is 17.9. The molecule has 160 valence electrons. The number of rotatable bonds is 7. The number of hydrogen-bond acceptors (Lipinski definition) is 5. The topological polar surface area (TPSA) is 81.7 Å². The predicted octanol–water partition coefficient (Wildman–Crippen LogP) is 4.46. The Morgan fingerprint density at radius 1 is 1.06 bits per heavy atom. The van der Waals surface area contributed by atoms with Crippen LogP contribution >= 0.6 is 0 Å². The van der Waals surface area contributed by atoms with Crippen LogP contribution in [-0.4, -0.2) is 19.6 Å². The van der Waals surface area contributed by atoms with Crippen molar-refractivity contribution in [1.29, 1.82) is 0 Å². The third-order valence-corrected chi connectivity index (χ3v) is 5.65. The first-order valence-corrected chi connectivity index (χ1v) is 10.3. The first-order chi connectivity index (χ1) is 15.0. The van der Waals surface area contributed by atoms with Crippen molar-refractivity contribution in [2.45, 2.75) is 33.1 Å². The van der Waals surface area contributed by atoms with E-state index in [1.165, 1.54) is 0 Å². The summed E-state index contributed by atoms with van der Waals surface area (Å²) in [6.07, 6.45) is 2.95. The number of aryl methyl sites for hydroxylation is 2. The summed E-state index contributed by atoms with van der Waals surface area (Å²) in [7, 11) is 1.63. The summed E-state index contributed by atoms with van der Waals surface area (Å²) in [6, 6.07) is 11.5. The Bertz CT molecular complexity index is 1310. The molecule has 4 aromatic rings. The van der Waals surface area contributed by atoms with E-state index in [0.717, 1.165) is 33.2 Å². The van der Waals surface area contributed by atoms with E-state index in [1.807, 2.05) is 44.2 Å². The van der Waals surface area contributed by atoms with Crippen LogP contribution in [0.3, 0.4) is 0 Å². The van der Waals surface area contributed by atoms with Crippen molar-refractivity contribution in [2.75, 3.05) is 13.7 Å². The van der Waals surface area contributed by atoms with Crippen LogP contribution in [0, 0.1) is 13.8 Å². The summed E-state index contributed by atoms with van der Waals surface area (Å²) in [4.78, 5) is 24.8. The largest absolute Gasteiger partial charge is 0.497 e. The van der Waals surface area contributed by atoms with Gasteiger partial charge in [-0.15, -0.1) is 0 Å². The molecule has 0 saturated carbocycles. The number of hydrogen-bond donors (Lipinski definition) is 1. The maximum Gasteiger partial charge on any atom is 0.339 e. The van der Waals surface area contributed by atoms with Gasteiger partial charge in [0.2, 0.25) is 5.91 Å². The Labute approximate surface area is 179 Å². The Balaban J connectivity index is 1.43. The second-order valence-electron chi connectivity index (χ2n) is 7.71. The minimum Gasteiger partial charge on any atom is -0.497 e. The molecular formula is C25H25NO5. The lowest BCUT2D eigenvalue weighted by Crippen LogP contribution is -2.26. The van der Waals surface area contributed by atoms with Crippen molar-refractivity contribution in [1.82, 2.24) is 5.32 Å². The summed E-state index contributed by atoms with van der Waals surface area (Å²) in [5.74, 6) is 0.702. The van der Waals surface area contributed by atoms with E-state index in [1.54, 1.807) is 19.4 Å². The van der Waals surface area contributed by atoms with Crippen molar-refractivity contribution >= 4 is 27.8 Å². The molecule has 0 atom stereocenters. The maximum absolute atomic E-state index is 12.5. The number of amides is 1. The fourth-order valence-corrected chi connectivity index (χ4v) is 3.83. The average molecular weight is 419 g/mol. The van der Waals surface area contributed by atoms with Gasteiger partial charge in [0.25, 0.3) is 0 Å². The average Bonchev–Trinajstić information content (AvgIpc) is 3.12. The number of carbonyl (C=O) groups excluding carboxylic acids is 1. The highest BCUT2D eigenvalue weighted by molar-refractivity contribution is 5.96. The molecule has 6 heteroatoms. The summed E-state index contributed by atoms with van der Waals surface area (Å²) in [6.45, 7) is 4.40. The van der Waals surface area contributed by atoms with E-state index in [9.17, 15) is 9.59 Å². The van der Waals surface area contributed by atoms with Crippen LogP contribution in [0.4, 0.5) is 0 Å². The Morgan fingerprint density at radius 2 is 1.90 bits per heavy atom. The molecule has 0 bridgehead atoms. The Kier molecular flexibility index (Phi) is 5.80. The van der Waals surface area contributed by atoms with Gasteiger partial charge < -0.3 is 18.9 Å². The van der Waals surface area contributed by atoms with Gasteiger partial charge in [-0.25, -0.2) is 4.79 Å². The fraction of sp³-hybridized carbons (Fsp3) is 0.280. The lowest BCUT2D eigenvalue weighted by Gasteiger charge is -2.09. The smallest absolute Gasteiger partial charge is 0.339 e. The van der Waals surface area contributed by atoms with Gasteiger partial charge in [0, 0.05) is 35.4 Å². The molecule has 0 radical (unpaired) electrons. The lowest BCUT2D eigenvalue weighted by molar-refractivity contribution is -0.121. The second-order valence-corrected chi connectivity index (χ2v) is 7.71. The molecule has 0 spiro atoms. The van der Waals surface area contributed by atoms with Crippen LogP contribution in [0.25, 0.3) is 21.9 Å². The van der Waals surface area contributed by atoms with Gasteiger partial charge in [-0.2, -0.15) is 0 Å². The zero-order valence-electron chi connectivity index (χ0n) is 17.9.